The summed E-state index contributed by atoms with van der Waals surface area (Å²) in [6.45, 7) is 9.22. The fourth-order valence-corrected chi connectivity index (χ4v) is 0.540. The minimum atomic E-state index is -0.846. The van der Waals surface area contributed by atoms with E-state index in [4.69, 9.17) is 11.7 Å². The normalized spacial score (nSPS) is 7.45. The Balaban J connectivity index is 0. The van der Waals surface area contributed by atoms with Gasteiger partial charge in [0.1, 0.15) is 0 Å². The van der Waals surface area contributed by atoms with E-state index in [2.05, 4.69) is 13.8 Å². The Labute approximate surface area is 78.7 Å². The molecular formula is C8H13O2W-. The van der Waals surface area contributed by atoms with E-state index >= 15 is 0 Å². The van der Waals surface area contributed by atoms with Gasteiger partial charge in [0.05, 0.1) is 0 Å². The van der Waals surface area contributed by atoms with Crippen LogP contribution in [0.4, 0.5) is 0 Å². The summed E-state index contributed by atoms with van der Waals surface area (Å²) in [5.41, 5.74) is 0. The van der Waals surface area contributed by atoms with Gasteiger partial charge in [-0.15, -0.1) is 0 Å². The van der Waals surface area contributed by atoms with E-state index < -0.39 is 5.97 Å². The van der Waals surface area contributed by atoms with E-state index in [1.165, 1.54) is 12.5 Å². The number of carboxylic acid groups (broad SMARTS) is 1. The van der Waals surface area contributed by atoms with E-state index in [1.807, 2.05) is 0 Å². The van der Waals surface area contributed by atoms with Crippen molar-refractivity contribution in [3.8, 4) is 0 Å². The van der Waals surface area contributed by atoms with Crippen LogP contribution in [0.3, 0.4) is 0 Å². The van der Waals surface area contributed by atoms with Gasteiger partial charge in [0, 0.05) is 0 Å². The van der Waals surface area contributed by atoms with E-state index in [9.17, 15) is 4.79 Å². The first kappa shape index (κ1) is 13.4. The number of rotatable bonds is 3. The van der Waals surface area contributed by atoms with Crippen molar-refractivity contribution in [1.29, 1.82) is 0 Å². The first-order valence-corrected chi connectivity index (χ1v) is 4.86. The van der Waals surface area contributed by atoms with Crippen LogP contribution in [0.1, 0.15) is 26.7 Å². The fraction of sp³-hybridized carbons (Fsp3) is 0.500. The van der Waals surface area contributed by atoms with Gasteiger partial charge in [0.15, 0.2) is 0 Å². The van der Waals surface area contributed by atoms with Gasteiger partial charge in [-0.25, -0.2) is 0 Å². The molecule has 0 aromatic carbocycles. The van der Waals surface area contributed by atoms with Crippen LogP contribution in [0.5, 0.6) is 0 Å². The zero-order valence-electron chi connectivity index (χ0n) is 6.83. The van der Waals surface area contributed by atoms with Crippen LogP contribution in [0.15, 0.2) is 6.08 Å². The molecule has 0 rings (SSSR count). The first-order chi connectivity index (χ1) is 5.09. The van der Waals surface area contributed by atoms with Crippen LogP contribution in [0.25, 0.3) is 0 Å². The standard InChI is InChI=1S/C5H5O2.C3H8.W/c1-2-3-4-5(6)7;1-3-2;/h1-2H,3H2,(H,6,7);3H2,1-2H3;/q-1;;. The molecule has 0 saturated carbocycles. The topological polar surface area (TPSA) is 37.3 Å². The van der Waals surface area contributed by atoms with Crippen molar-refractivity contribution >= 4 is 9.87 Å². The summed E-state index contributed by atoms with van der Waals surface area (Å²) in [5, 5.41) is 8.22. The van der Waals surface area contributed by atoms with Gasteiger partial charge in [-0.1, -0.05) is 20.3 Å². The molecule has 0 aliphatic heterocycles. The van der Waals surface area contributed by atoms with Crippen molar-refractivity contribution in [1.82, 2.24) is 0 Å². The molecule has 0 amide bonds. The molecule has 11 heavy (non-hydrogen) atoms. The second kappa shape index (κ2) is 9.77. The third-order valence-corrected chi connectivity index (χ3v) is 1.77. The van der Waals surface area contributed by atoms with Crippen LogP contribution in [0.2, 0.25) is 0 Å². The summed E-state index contributed by atoms with van der Waals surface area (Å²) in [6.07, 6.45) is 2.99. The number of hydrogen-bond donors (Lipinski definition) is 1. The molecule has 3 heteroatoms. The van der Waals surface area contributed by atoms with Crippen LogP contribution in [0, 0.1) is 6.58 Å². The molecule has 2 nitrogen and oxygen atoms in total. The Hall–Kier alpha value is -0.232. The quantitative estimate of drug-likeness (QED) is 0.800. The van der Waals surface area contributed by atoms with Crippen LogP contribution in [-0.2, 0) is 24.1 Å². The molecule has 0 aliphatic rings. The minimum absolute atomic E-state index is 0.394. The fourth-order valence-electron chi connectivity index (χ4n) is 0.194. The Morgan fingerprint density at radius 3 is 2.09 bits per heavy atom. The zero-order chi connectivity index (χ0) is 9.28. The van der Waals surface area contributed by atoms with Gasteiger partial charge in [-0.3, -0.25) is 0 Å². The average molecular weight is 325 g/mol. The van der Waals surface area contributed by atoms with E-state index in [0.717, 1.165) is 19.4 Å². The molecule has 0 bridgehead atoms. The summed E-state index contributed by atoms with van der Waals surface area (Å²) in [7, 11) is 0. The molecule has 0 fully saturated rings. The van der Waals surface area contributed by atoms with Gasteiger partial charge in [0.25, 0.3) is 0 Å². The maximum atomic E-state index is 10.00. The number of carboxylic acids is 1. The third kappa shape index (κ3) is 12.9. The Morgan fingerprint density at radius 1 is 1.64 bits per heavy atom. The first-order valence-electron chi connectivity index (χ1n) is 3.39. The molecule has 0 aliphatic carbocycles. The monoisotopic (exact) mass is 325 g/mol. The van der Waals surface area contributed by atoms with E-state index in [0.29, 0.717) is 10.3 Å². The van der Waals surface area contributed by atoms with Crippen LogP contribution >= 0.6 is 0 Å². The summed E-state index contributed by atoms with van der Waals surface area (Å²) < 4.78 is 0.451. The van der Waals surface area contributed by atoms with Gasteiger partial charge < -0.3 is 0 Å². The second-order valence-corrected chi connectivity index (χ2v) is 3.65. The van der Waals surface area contributed by atoms with Crippen molar-refractivity contribution in [3.05, 3.63) is 12.7 Å². The molecule has 0 spiro atoms. The predicted octanol–water partition coefficient (Wildman–Crippen LogP) is 1.59. The third-order valence-electron chi connectivity index (χ3n) is 0.542. The average Bonchev–Trinajstić information content (AvgIpc) is 1.90. The molecule has 64 valence electrons. The van der Waals surface area contributed by atoms with Gasteiger partial charge in [-0.05, 0) is 0 Å². The molecular weight excluding hydrogens is 312 g/mol. The van der Waals surface area contributed by atoms with Gasteiger partial charge in [-0.2, -0.15) is 0 Å². The Bertz CT molecular complexity index is 141. The Kier molecular flexibility index (Phi) is 11.9. The number of aliphatic carboxylic acids is 1. The number of hydrogen-bond acceptors (Lipinski definition) is 1. The van der Waals surface area contributed by atoms with Crippen molar-refractivity contribution in [2.45, 2.75) is 26.7 Å². The van der Waals surface area contributed by atoms with Crippen molar-refractivity contribution in [3.63, 3.8) is 0 Å². The molecule has 0 radical (unpaired) electrons. The van der Waals surface area contributed by atoms with Crippen molar-refractivity contribution < 1.29 is 29.3 Å². The van der Waals surface area contributed by atoms with Crippen molar-refractivity contribution in [2.24, 2.45) is 0 Å². The van der Waals surface area contributed by atoms with Gasteiger partial charge in [0.2, 0.25) is 0 Å². The summed E-state index contributed by atoms with van der Waals surface area (Å²) in [5.74, 6) is -0.846. The molecule has 0 aromatic heterocycles. The molecule has 1 N–H and O–H groups in total. The van der Waals surface area contributed by atoms with Gasteiger partial charge >= 0.3 is 58.2 Å². The maximum absolute atomic E-state index is 10.00. The summed E-state index contributed by atoms with van der Waals surface area (Å²) in [6, 6.07) is 0. The summed E-state index contributed by atoms with van der Waals surface area (Å²) in [4.78, 5) is 10.00. The predicted molar refractivity (Wildman–Crippen MR) is 42.1 cm³/mol. The number of carbonyl (C=O) groups is 1. The van der Waals surface area contributed by atoms with E-state index in [1.54, 1.807) is 0 Å². The van der Waals surface area contributed by atoms with Crippen LogP contribution < -0.4 is 0 Å². The molecule has 0 atom stereocenters. The second-order valence-electron chi connectivity index (χ2n) is 1.88. The van der Waals surface area contributed by atoms with Crippen LogP contribution in [-0.4, -0.2) is 15.0 Å². The molecule has 0 unspecified atom stereocenters. The molecule has 0 aromatic rings. The Morgan fingerprint density at radius 2 is 2.00 bits per heavy atom. The SMILES string of the molecule is CCC.[CH-]=CC[C](=[W])C(=O)O. The van der Waals surface area contributed by atoms with E-state index in [-0.39, 0.29) is 0 Å². The zero-order valence-corrected chi connectivity index (χ0v) is 9.77. The van der Waals surface area contributed by atoms with Crippen molar-refractivity contribution in [2.75, 3.05) is 0 Å². The number of allylic oxidation sites excluding steroid dienone is 1. The molecule has 0 saturated heterocycles. The summed E-state index contributed by atoms with van der Waals surface area (Å²) >= 11 is 0.967. The molecule has 0 heterocycles.